The van der Waals surface area contributed by atoms with Crippen LogP contribution in [0.4, 0.5) is 10.5 Å². The van der Waals surface area contributed by atoms with Crippen LogP contribution >= 0.6 is 0 Å². The lowest BCUT2D eigenvalue weighted by Crippen LogP contribution is -2.52. The number of phenolic OH excluding ortho intramolecular Hbond substituents is 1. The van der Waals surface area contributed by atoms with Gasteiger partial charge in [-0.1, -0.05) is 0 Å². The number of carbonyl (C=O) groups is 4. The van der Waals surface area contributed by atoms with Crippen LogP contribution in [0.2, 0.25) is 0 Å². The minimum absolute atomic E-state index is 0.0753. The van der Waals surface area contributed by atoms with Crippen molar-refractivity contribution in [3.8, 4) is 5.75 Å². The molecule has 1 fully saturated rings. The van der Waals surface area contributed by atoms with E-state index in [1.807, 2.05) is 0 Å². The van der Waals surface area contributed by atoms with Gasteiger partial charge >= 0.3 is 6.09 Å². The first-order valence-electron chi connectivity index (χ1n) is 8.56. The van der Waals surface area contributed by atoms with Crippen LogP contribution in [0, 0.1) is 0 Å². The van der Waals surface area contributed by atoms with E-state index in [2.05, 4.69) is 10.6 Å². The first kappa shape index (κ1) is 18.7. The van der Waals surface area contributed by atoms with Crippen molar-refractivity contribution in [1.82, 2.24) is 10.2 Å². The van der Waals surface area contributed by atoms with Gasteiger partial charge in [-0.3, -0.25) is 25.0 Å². The molecule has 2 heterocycles. The molecule has 1 unspecified atom stereocenters. The van der Waals surface area contributed by atoms with Gasteiger partial charge in [0.15, 0.2) is 0 Å². The molecule has 1 saturated heterocycles. The third-order valence-corrected chi connectivity index (χ3v) is 4.28. The molecule has 144 valence electrons. The average molecular weight is 375 g/mol. The summed E-state index contributed by atoms with van der Waals surface area (Å²) in [5, 5.41) is 14.7. The van der Waals surface area contributed by atoms with Crippen molar-refractivity contribution in [3.05, 3.63) is 23.3 Å². The van der Waals surface area contributed by atoms with Crippen molar-refractivity contribution < 1.29 is 29.0 Å². The number of ether oxygens (including phenoxy) is 1. The fraction of sp³-hybridized carbons (Fsp3) is 0.444. The van der Waals surface area contributed by atoms with Gasteiger partial charge in [0.05, 0.1) is 11.3 Å². The molecule has 3 rings (SSSR count). The van der Waals surface area contributed by atoms with Crippen LogP contribution in [0.1, 0.15) is 49.5 Å². The highest BCUT2D eigenvalue weighted by Crippen LogP contribution is 2.35. The highest BCUT2D eigenvalue weighted by molar-refractivity contribution is 6.06. The lowest BCUT2D eigenvalue weighted by molar-refractivity contribution is -0.136. The topological polar surface area (TPSA) is 125 Å². The van der Waals surface area contributed by atoms with Gasteiger partial charge in [-0.15, -0.1) is 0 Å². The van der Waals surface area contributed by atoms with Gasteiger partial charge in [0.2, 0.25) is 11.8 Å². The average Bonchev–Trinajstić information content (AvgIpc) is 2.83. The first-order chi connectivity index (χ1) is 12.5. The maximum absolute atomic E-state index is 12.7. The highest BCUT2D eigenvalue weighted by atomic mass is 16.6. The van der Waals surface area contributed by atoms with Crippen LogP contribution in [0.3, 0.4) is 0 Å². The van der Waals surface area contributed by atoms with E-state index in [0.29, 0.717) is 5.56 Å². The zero-order valence-corrected chi connectivity index (χ0v) is 15.3. The number of phenols is 1. The molecule has 9 nitrogen and oxygen atoms in total. The Hall–Kier alpha value is -3.10. The second kappa shape index (κ2) is 6.57. The van der Waals surface area contributed by atoms with Crippen LogP contribution in [0.25, 0.3) is 0 Å². The Morgan fingerprint density at radius 1 is 1.30 bits per heavy atom. The van der Waals surface area contributed by atoms with Crippen LogP contribution in [0.5, 0.6) is 5.75 Å². The number of nitrogens with zero attached hydrogens (tertiary/aromatic N) is 1. The van der Waals surface area contributed by atoms with E-state index in [4.69, 9.17) is 4.74 Å². The quantitative estimate of drug-likeness (QED) is 0.673. The Bertz CT molecular complexity index is 842. The third kappa shape index (κ3) is 3.86. The van der Waals surface area contributed by atoms with Crippen LogP contribution in [-0.2, 0) is 20.9 Å². The van der Waals surface area contributed by atoms with E-state index < -0.39 is 29.6 Å². The maximum atomic E-state index is 12.7. The van der Waals surface area contributed by atoms with Gasteiger partial charge in [0.1, 0.15) is 17.4 Å². The predicted molar refractivity (Wildman–Crippen MR) is 94.0 cm³/mol. The molecular weight excluding hydrogens is 354 g/mol. The van der Waals surface area contributed by atoms with Gasteiger partial charge in [-0.2, -0.15) is 0 Å². The van der Waals surface area contributed by atoms with Crippen molar-refractivity contribution in [1.29, 1.82) is 0 Å². The number of aromatic hydroxyl groups is 1. The van der Waals surface area contributed by atoms with Gasteiger partial charge in [0.25, 0.3) is 5.91 Å². The second-order valence-corrected chi connectivity index (χ2v) is 7.55. The molecular formula is C18H21N3O6. The van der Waals surface area contributed by atoms with E-state index >= 15 is 0 Å². The standard InChI is InChI=1S/C18H21N3O6/c1-18(2,3)27-17(26)19-12-7-9(22)6-10-11(12)8-21(16(10)25)13-4-5-14(23)20-15(13)24/h6-7,13,22H,4-5,8H2,1-3H3,(H,19,26)(H,20,23,24). The normalized spacial score (nSPS) is 19.6. The van der Waals surface area contributed by atoms with Gasteiger partial charge in [-0.05, 0) is 33.3 Å². The van der Waals surface area contributed by atoms with Gasteiger partial charge in [-0.25, -0.2) is 4.79 Å². The molecule has 2 aliphatic rings. The summed E-state index contributed by atoms with van der Waals surface area (Å²) in [4.78, 5) is 49.6. The largest absolute Gasteiger partial charge is 0.508 e. The van der Waals surface area contributed by atoms with Crippen molar-refractivity contribution in [3.63, 3.8) is 0 Å². The molecule has 0 radical (unpaired) electrons. The van der Waals surface area contributed by atoms with E-state index in [1.54, 1.807) is 20.8 Å². The highest BCUT2D eigenvalue weighted by Gasteiger charge is 2.40. The molecule has 0 saturated carbocycles. The summed E-state index contributed by atoms with van der Waals surface area (Å²) in [5.41, 5.74) is 0.208. The second-order valence-electron chi connectivity index (χ2n) is 7.55. The lowest BCUT2D eigenvalue weighted by atomic mass is 10.0. The molecule has 3 N–H and O–H groups in total. The number of hydrogen-bond acceptors (Lipinski definition) is 6. The SMILES string of the molecule is CC(C)(C)OC(=O)Nc1cc(O)cc2c1CN(C1CCC(=O)NC1=O)C2=O. The van der Waals surface area contributed by atoms with E-state index in [9.17, 15) is 24.3 Å². The third-order valence-electron chi connectivity index (χ3n) is 4.28. The van der Waals surface area contributed by atoms with E-state index in [0.717, 1.165) is 0 Å². The first-order valence-corrected chi connectivity index (χ1v) is 8.56. The van der Waals surface area contributed by atoms with Crippen LogP contribution in [-0.4, -0.2) is 45.5 Å². The number of anilines is 1. The van der Waals surface area contributed by atoms with E-state index in [1.165, 1.54) is 17.0 Å². The zero-order chi connectivity index (χ0) is 19.9. The maximum Gasteiger partial charge on any atom is 0.412 e. The van der Waals surface area contributed by atoms with E-state index in [-0.39, 0.29) is 42.3 Å². The summed E-state index contributed by atoms with van der Waals surface area (Å²) in [6.45, 7) is 5.22. The van der Waals surface area contributed by atoms with Gasteiger partial charge in [0, 0.05) is 24.6 Å². The summed E-state index contributed by atoms with van der Waals surface area (Å²) in [5.74, 6) is -1.54. The molecule has 0 aromatic heterocycles. The number of fused-ring (bicyclic) bond motifs is 1. The Morgan fingerprint density at radius 3 is 2.63 bits per heavy atom. The number of piperidine rings is 1. The Kier molecular flexibility index (Phi) is 4.54. The molecule has 9 heteroatoms. The van der Waals surface area contributed by atoms with Crippen molar-refractivity contribution in [2.45, 2.75) is 51.8 Å². The summed E-state index contributed by atoms with van der Waals surface area (Å²) in [7, 11) is 0. The van der Waals surface area contributed by atoms with Crippen LogP contribution in [0.15, 0.2) is 12.1 Å². The summed E-state index contributed by atoms with van der Waals surface area (Å²) in [6.07, 6.45) is -0.349. The summed E-state index contributed by atoms with van der Waals surface area (Å²) in [6, 6.07) is 1.84. The minimum Gasteiger partial charge on any atom is -0.508 e. The zero-order valence-electron chi connectivity index (χ0n) is 15.3. The molecule has 0 spiro atoms. The molecule has 1 aromatic rings. The molecule has 0 aliphatic carbocycles. The predicted octanol–water partition coefficient (Wildman–Crippen LogP) is 1.50. The monoisotopic (exact) mass is 375 g/mol. The number of imide groups is 1. The fourth-order valence-electron chi connectivity index (χ4n) is 3.17. The number of amides is 4. The summed E-state index contributed by atoms with van der Waals surface area (Å²) >= 11 is 0. The van der Waals surface area contributed by atoms with Crippen molar-refractivity contribution in [2.75, 3.05) is 5.32 Å². The molecule has 27 heavy (non-hydrogen) atoms. The summed E-state index contributed by atoms with van der Waals surface area (Å²) < 4.78 is 5.21. The molecule has 2 aliphatic heterocycles. The number of rotatable bonds is 2. The van der Waals surface area contributed by atoms with Crippen molar-refractivity contribution >= 4 is 29.5 Å². The fourth-order valence-corrected chi connectivity index (χ4v) is 3.17. The van der Waals surface area contributed by atoms with Crippen LogP contribution < -0.4 is 10.6 Å². The van der Waals surface area contributed by atoms with Crippen molar-refractivity contribution in [2.24, 2.45) is 0 Å². The Morgan fingerprint density at radius 2 is 2.00 bits per heavy atom. The number of hydrogen-bond donors (Lipinski definition) is 3. The molecule has 0 bridgehead atoms. The Labute approximate surface area is 155 Å². The number of carbonyl (C=O) groups excluding carboxylic acids is 4. The number of benzene rings is 1. The molecule has 4 amide bonds. The molecule has 1 atom stereocenters. The van der Waals surface area contributed by atoms with Gasteiger partial charge < -0.3 is 14.7 Å². The smallest absolute Gasteiger partial charge is 0.412 e. The lowest BCUT2D eigenvalue weighted by Gasteiger charge is -2.29. The minimum atomic E-state index is -0.779. The number of nitrogens with one attached hydrogen (secondary N) is 2. The molecule has 1 aromatic carbocycles. The Balaban J connectivity index is 1.86.